The normalized spacial score (nSPS) is 13.9. The smallest absolute Gasteiger partial charge is 0.264 e. The lowest BCUT2D eigenvalue weighted by Gasteiger charge is -2.36. The molecule has 0 bridgehead atoms. The van der Waals surface area contributed by atoms with Gasteiger partial charge in [0.05, 0.1) is 22.8 Å². The van der Waals surface area contributed by atoms with Crippen molar-refractivity contribution in [2.45, 2.75) is 13.5 Å². The number of rotatable bonds is 4. The Morgan fingerprint density at radius 2 is 1.94 bits per heavy atom. The molecule has 2 aromatic carbocycles. The van der Waals surface area contributed by atoms with Crippen molar-refractivity contribution in [2.75, 3.05) is 31.1 Å². The van der Waals surface area contributed by atoms with Gasteiger partial charge in [-0.2, -0.15) is 10.4 Å². The van der Waals surface area contributed by atoms with Crippen LogP contribution in [0.25, 0.3) is 10.2 Å². The summed E-state index contributed by atoms with van der Waals surface area (Å²) in [5.74, 6) is -0.547. The highest BCUT2D eigenvalue weighted by Crippen LogP contribution is 2.31. The molecule has 1 aliphatic heterocycles. The predicted octanol–water partition coefficient (Wildman–Crippen LogP) is 5.08. The van der Waals surface area contributed by atoms with Gasteiger partial charge in [0.25, 0.3) is 5.91 Å². The zero-order valence-electron chi connectivity index (χ0n) is 18.5. The first-order valence-corrected chi connectivity index (χ1v) is 12.1. The van der Waals surface area contributed by atoms with Crippen LogP contribution < -0.4 is 4.90 Å². The van der Waals surface area contributed by atoms with Crippen LogP contribution in [0, 0.1) is 24.1 Å². The van der Waals surface area contributed by atoms with E-state index in [1.165, 1.54) is 17.4 Å². The molecule has 0 unspecified atom stereocenters. The van der Waals surface area contributed by atoms with Crippen LogP contribution >= 0.6 is 22.9 Å². The molecule has 1 aliphatic rings. The second-order valence-corrected chi connectivity index (χ2v) is 9.63. The monoisotopic (exact) mass is 493 g/mol. The summed E-state index contributed by atoms with van der Waals surface area (Å²) in [5, 5.41) is 15.6. The zero-order valence-corrected chi connectivity index (χ0v) is 20.0. The van der Waals surface area contributed by atoms with E-state index in [0.717, 1.165) is 21.5 Å². The van der Waals surface area contributed by atoms with Crippen molar-refractivity contribution in [1.29, 1.82) is 5.26 Å². The lowest BCUT2D eigenvalue weighted by Crippen LogP contribution is -2.48. The Morgan fingerprint density at radius 3 is 2.68 bits per heavy atom. The highest BCUT2D eigenvalue weighted by atomic mass is 35.5. The van der Waals surface area contributed by atoms with Gasteiger partial charge in [-0.15, -0.1) is 11.3 Å². The van der Waals surface area contributed by atoms with Crippen molar-refractivity contribution >= 4 is 44.7 Å². The fourth-order valence-corrected chi connectivity index (χ4v) is 5.63. The second kappa shape index (κ2) is 9.09. The average Bonchev–Trinajstić information content (AvgIpc) is 3.41. The number of piperazine rings is 1. The molecule has 172 valence electrons. The topological polar surface area (TPSA) is 65.2 Å². The highest BCUT2D eigenvalue weighted by molar-refractivity contribution is 7.20. The Balaban J connectivity index is 1.33. The van der Waals surface area contributed by atoms with Crippen LogP contribution in [0.1, 0.15) is 26.5 Å². The molecule has 1 amide bonds. The third kappa shape index (κ3) is 4.02. The number of anilines is 1. The highest BCUT2D eigenvalue weighted by Gasteiger charge is 2.26. The predicted molar refractivity (Wildman–Crippen MR) is 132 cm³/mol. The fraction of sp³-hybridized carbons (Fsp3) is 0.240. The van der Waals surface area contributed by atoms with Crippen LogP contribution in [-0.4, -0.2) is 46.8 Å². The molecule has 2 aromatic heterocycles. The number of nitrogens with zero attached hydrogens (tertiary/aromatic N) is 5. The van der Waals surface area contributed by atoms with Crippen LogP contribution in [0.2, 0.25) is 5.02 Å². The molecule has 1 saturated heterocycles. The number of halogens is 2. The quantitative estimate of drug-likeness (QED) is 0.397. The number of carbonyl (C=O) groups is 1. The second-order valence-electron chi connectivity index (χ2n) is 8.19. The summed E-state index contributed by atoms with van der Waals surface area (Å²) >= 11 is 7.77. The molecule has 3 heterocycles. The number of nitriles is 1. The van der Waals surface area contributed by atoms with Crippen LogP contribution in [0.15, 0.2) is 48.5 Å². The summed E-state index contributed by atoms with van der Waals surface area (Å²) in [4.78, 5) is 18.7. The number of aromatic nitrogens is 2. The molecular formula is C25H21ClFN5OS. The van der Waals surface area contributed by atoms with Crippen molar-refractivity contribution in [3.63, 3.8) is 0 Å². The lowest BCUT2D eigenvalue weighted by atomic mass is 10.1. The maximum absolute atomic E-state index is 14.0. The largest absolute Gasteiger partial charge is 0.367 e. The van der Waals surface area contributed by atoms with Gasteiger partial charge in [-0.1, -0.05) is 35.9 Å². The van der Waals surface area contributed by atoms with Crippen molar-refractivity contribution in [1.82, 2.24) is 14.7 Å². The Kier molecular flexibility index (Phi) is 5.98. The van der Waals surface area contributed by atoms with Crippen LogP contribution in [-0.2, 0) is 6.54 Å². The van der Waals surface area contributed by atoms with E-state index in [1.54, 1.807) is 12.1 Å². The van der Waals surface area contributed by atoms with Crippen LogP contribution in [0.4, 0.5) is 10.1 Å². The molecule has 6 nitrogen and oxygen atoms in total. The Morgan fingerprint density at radius 1 is 1.18 bits per heavy atom. The SMILES string of the molecule is Cc1nn(Cc2ccccc2Cl)c2sc(C(=O)N3CCN(c4cccc(F)c4C#N)CC3)cc12. The Bertz CT molecular complexity index is 1430. The van der Waals surface area contributed by atoms with Gasteiger partial charge in [0.1, 0.15) is 22.3 Å². The standard InChI is InChI=1S/C25H21ClFN5OS/c1-16-18-13-23(34-25(18)32(29-16)15-17-5-2-3-6-20(17)26)24(33)31-11-9-30(10-12-31)22-8-4-7-21(27)19(22)14-28/h2-8,13H,9-12,15H2,1H3. The maximum Gasteiger partial charge on any atom is 0.264 e. The number of hydrogen-bond acceptors (Lipinski definition) is 5. The van der Waals surface area contributed by atoms with Gasteiger partial charge < -0.3 is 9.80 Å². The third-order valence-electron chi connectivity index (χ3n) is 6.11. The van der Waals surface area contributed by atoms with E-state index in [1.807, 2.05) is 57.8 Å². The maximum atomic E-state index is 14.0. The van der Waals surface area contributed by atoms with E-state index in [9.17, 15) is 14.4 Å². The van der Waals surface area contributed by atoms with Gasteiger partial charge >= 0.3 is 0 Å². The van der Waals surface area contributed by atoms with Crippen molar-refractivity contribution in [2.24, 2.45) is 0 Å². The van der Waals surface area contributed by atoms with Crippen molar-refractivity contribution < 1.29 is 9.18 Å². The van der Waals surface area contributed by atoms with Gasteiger partial charge in [-0.05, 0) is 36.8 Å². The molecule has 0 atom stereocenters. The number of fused-ring (bicyclic) bond motifs is 1. The number of carbonyl (C=O) groups excluding carboxylic acids is 1. The molecule has 0 radical (unpaired) electrons. The summed E-state index contributed by atoms with van der Waals surface area (Å²) in [6.45, 7) is 4.54. The summed E-state index contributed by atoms with van der Waals surface area (Å²) in [7, 11) is 0. The summed E-state index contributed by atoms with van der Waals surface area (Å²) in [5.41, 5.74) is 2.47. The number of thiophene rings is 1. The zero-order chi connectivity index (χ0) is 23.8. The average molecular weight is 494 g/mol. The molecule has 9 heteroatoms. The van der Waals surface area contributed by atoms with E-state index < -0.39 is 5.82 Å². The first-order chi connectivity index (χ1) is 16.5. The third-order valence-corrected chi connectivity index (χ3v) is 7.61. The minimum atomic E-state index is -0.523. The molecular weight excluding hydrogens is 473 g/mol. The minimum absolute atomic E-state index is 0.0238. The van der Waals surface area contributed by atoms with Gasteiger partial charge in [-0.25, -0.2) is 4.39 Å². The first kappa shape index (κ1) is 22.4. The minimum Gasteiger partial charge on any atom is -0.367 e. The van der Waals surface area contributed by atoms with E-state index in [4.69, 9.17) is 11.6 Å². The van der Waals surface area contributed by atoms with Gasteiger partial charge in [0.2, 0.25) is 0 Å². The Labute approximate surface area is 205 Å². The first-order valence-electron chi connectivity index (χ1n) is 10.9. The summed E-state index contributed by atoms with van der Waals surface area (Å²) in [6.07, 6.45) is 0. The molecule has 5 rings (SSSR count). The van der Waals surface area contributed by atoms with E-state index in [-0.39, 0.29) is 11.5 Å². The van der Waals surface area contributed by atoms with Crippen LogP contribution in [0.5, 0.6) is 0 Å². The fourth-order valence-electron chi connectivity index (χ4n) is 4.31. The van der Waals surface area contributed by atoms with E-state index in [0.29, 0.717) is 48.3 Å². The van der Waals surface area contributed by atoms with Crippen molar-refractivity contribution in [3.8, 4) is 6.07 Å². The number of hydrogen-bond donors (Lipinski definition) is 0. The molecule has 1 fully saturated rings. The van der Waals surface area contributed by atoms with E-state index in [2.05, 4.69) is 5.10 Å². The molecule has 4 aromatic rings. The van der Waals surface area contributed by atoms with Gasteiger partial charge in [0, 0.05) is 36.6 Å². The molecule has 0 N–H and O–H groups in total. The Hall–Kier alpha value is -3.41. The molecule has 0 spiro atoms. The lowest BCUT2D eigenvalue weighted by molar-refractivity contribution is 0.0751. The number of amides is 1. The summed E-state index contributed by atoms with van der Waals surface area (Å²) in [6, 6.07) is 16.2. The number of aryl methyl sites for hydroxylation is 1. The molecule has 34 heavy (non-hydrogen) atoms. The number of benzene rings is 2. The van der Waals surface area contributed by atoms with Crippen LogP contribution in [0.3, 0.4) is 0 Å². The molecule has 0 aliphatic carbocycles. The van der Waals surface area contributed by atoms with Crippen molar-refractivity contribution in [3.05, 3.63) is 81.1 Å². The van der Waals surface area contributed by atoms with Gasteiger partial charge in [-0.3, -0.25) is 9.48 Å². The molecule has 0 saturated carbocycles. The summed E-state index contributed by atoms with van der Waals surface area (Å²) < 4.78 is 15.9. The van der Waals surface area contributed by atoms with Gasteiger partial charge in [0.15, 0.2) is 0 Å². The van der Waals surface area contributed by atoms with E-state index >= 15 is 0 Å².